The molecular weight excluding hydrogens is 469 g/mol. The Balaban J connectivity index is 1.80. The van der Waals surface area contributed by atoms with Crippen LogP contribution < -0.4 is 15.5 Å². The maximum absolute atomic E-state index is 12.1. The van der Waals surface area contributed by atoms with E-state index in [1.165, 1.54) is 6.07 Å². The molecule has 0 radical (unpaired) electrons. The average Bonchev–Trinajstić information content (AvgIpc) is 2.61. The summed E-state index contributed by atoms with van der Waals surface area (Å²) >= 11 is 15.2. The van der Waals surface area contributed by atoms with E-state index in [4.69, 9.17) is 27.9 Å². The monoisotopic (exact) mass is 485 g/mol. The summed E-state index contributed by atoms with van der Waals surface area (Å²) in [4.78, 5) is 23.9. The fraction of sp³-hybridized carbons (Fsp3) is 0.211. The second kappa shape index (κ2) is 10.5. The molecule has 0 bridgehead atoms. The Morgan fingerprint density at radius 2 is 1.89 bits per heavy atom. The van der Waals surface area contributed by atoms with Gasteiger partial charge in [0.05, 0.1) is 21.6 Å². The largest absolute Gasteiger partial charge is 0.483 e. The minimum atomic E-state index is -0.437. The lowest BCUT2D eigenvalue weighted by Crippen LogP contribution is -2.26. The fourth-order valence-corrected chi connectivity index (χ4v) is 3.18. The molecule has 0 aromatic heterocycles. The van der Waals surface area contributed by atoms with Crippen LogP contribution in [-0.4, -0.2) is 24.1 Å². The molecule has 2 rings (SSSR count). The van der Waals surface area contributed by atoms with Gasteiger partial charge in [-0.2, -0.15) is 5.10 Å². The zero-order valence-corrected chi connectivity index (χ0v) is 18.3. The lowest BCUT2D eigenvalue weighted by atomic mass is 10.2. The molecule has 2 amide bonds. The van der Waals surface area contributed by atoms with E-state index < -0.39 is 5.91 Å². The number of benzene rings is 2. The summed E-state index contributed by atoms with van der Waals surface area (Å²) in [6.07, 6.45) is -0.0103. The number of nitrogens with zero attached hydrogens (tertiary/aromatic N) is 1. The normalized spacial score (nSPS) is 11.1. The molecule has 2 aromatic rings. The van der Waals surface area contributed by atoms with E-state index in [9.17, 15) is 9.59 Å². The zero-order valence-electron chi connectivity index (χ0n) is 15.2. The first-order chi connectivity index (χ1) is 13.2. The minimum absolute atomic E-state index is 0.0103. The van der Waals surface area contributed by atoms with Gasteiger partial charge in [-0.3, -0.25) is 9.59 Å². The summed E-state index contributed by atoms with van der Waals surface area (Å²) < 4.78 is 6.20. The van der Waals surface area contributed by atoms with E-state index in [-0.39, 0.29) is 18.9 Å². The highest BCUT2D eigenvalue weighted by atomic mass is 79.9. The third-order valence-corrected chi connectivity index (χ3v) is 4.61. The van der Waals surface area contributed by atoms with E-state index in [2.05, 4.69) is 31.8 Å². The Morgan fingerprint density at radius 3 is 2.57 bits per heavy atom. The van der Waals surface area contributed by atoms with E-state index in [0.717, 1.165) is 10.0 Å². The topological polar surface area (TPSA) is 79.8 Å². The molecule has 148 valence electrons. The van der Waals surface area contributed by atoms with Crippen LogP contribution in [-0.2, 0) is 9.59 Å². The molecule has 0 fully saturated rings. The van der Waals surface area contributed by atoms with Crippen LogP contribution in [0, 0.1) is 6.92 Å². The first-order valence-electron chi connectivity index (χ1n) is 8.20. The van der Waals surface area contributed by atoms with Gasteiger partial charge in [0.25, 0.3) is 5.91 Å². The molecule has 0 heterocycles. The molecule has 6 nitrogen and oxygen atoms in total. The van der Waals surface area contributed by atoms with Crippen molar-refractivity contribution in [1.82, 2.24) is 5.43 Å². The lowest BCUT2D eigenvalue weighted by molar-refractivity contribution is -0.123. The van der Waals surface area contributed by atoms with Crippen molar-refractivity contribution in [2.75, 3.05) is 11.9 Å². The number of nitrogens with one attached hydrogen (secondary N) is 2. The molecule has 0 aliphatic heterocycles. The highest BCUT2D eigenvalue weighted by Gasteiger charge is 2.09. The number of rotatable bonds is 7. The van der Waals surface area contributed by atoms with E-state index in [1.807, 2.05) is 19.1 Å². The van der Waals surface area contributed by atoms with E-state index in [1.54, 1.807) is 25.1 Å². The second-order valence-corrected chi connectivity index (χ2v) is 7.65. The van der Waals surface area contributed by atoms with Crippen LogP contribution in [0.3, 0.4) is 0 Å². The number of aryl methyl sites for hydroxylation is 1. The number of ether oxygens (including phenoxy) is 1. The molecule has 0 spiro atoms. The predicted octanol–water partition coefficient (Wildman–Crippen LogP) is 4.96. The standard InChI is InChI=1S/C19H18BrCl2N3O3/c1-11-3-6-17(14(20)7-11)28-10-19(27)25-24-12(2)8-18(26)23-16-5-4-13(21)9-15(16)22/h3-7,9H,8,10H2,1-2H3,(H,23,26)(H,25,27)/b24-12+. The number of hydrogen-bond donors (Lipinski definition) is 2. The number of hydrazone groups is 1. The molecule has 2 aromatic carbocycles. The number of hydrogen-bond acceptors (Lipinski definition) is 4. The van der Waals surface area contributed by atoms with Gasteiger partial charge in [-0.1, -0.05) is 29.3 Å². The van der Waals surface area contributed by atoms with Gasteiger partial charge in [-0.05, 0) is 65.7 Å². The highest BCUT2D eigenvalue weighted by Crippen LogP contribution is 2.26. The summed E-state index contributed by atoms with van der Waals surface area (Å²) in [5.74, 6) is -0.201. The maximum Gasteiger partial charge on any atom is 0.277 e. The number of carbonyl (C=O) groups is 2. The third kappa shape index (κ3) is 7.14. The van der Waals surface area contributed by atoms with Gasteiger partial charge in [0, 0.05) is 10.7 Å². The SMILES string of the molecule is C/C(CC(=O)Nc1ccc(Cl)cc1Cl)=N\NC(=O)COc1ccc(C)cc1Br. The van der Waals surface area contributed by atoms with Crippen molar-refractivity contribution in [2.45, 2.75) is 20.3 Å². The van der Waals surface area contributed by atoms with Gasteiger partial charge in [0.1, 0.15) is 5.75 Å². The summed E-state index contributed by atoms with van der Waals surface area (Å²) in [6.45, 7) is 3.38. The summed E-state index contributed by atoms with van der Waals surface area (Å²) in [7, 11) is 0. The summed E-state index contributed by atoms with van der Waals surface area (Å²) in [5, 5.41) is 7.37. The van der Waals surface area contributed by atoms with Crippen molar-refractivity contribution in [2.24, 2.45) is 5.10 Å². The van der Waals surface area contributed by atoms with Crippen LogP contribution in [0.1, 0.15) is 18.9 Å². The van der Waals surface area contributed by atoms with Crippen LogP contribution in [0.15, 0.2) is 46.0 Å². The van der Waals surface area contributed by atoms with Gasteiger partial charge in [-0.25, -0.2) is 5.43 Å². The molecule has 0 saturated carbocycles. The van der Waals surface area contributed by atoms with Crippen molar-refractivity contribution in [3.05, 3.63) is 56.5 Å². The van der Waals surface area contributed by atoms with E-state index in [0.29, 0.717) is 27.2 Å². The number of anilines is 1. The van der Waals surface area contributed by atoms with Crippen LogP contribution in [0.2, 0.25) is 10.0 Å². The Labute approximate surface area is 181 Å². The number of amides is 2. The maximum atomic E-state index is 12.1. The van der Waals surface area contributed by atoms with Gasteiger partial charge in [-0.15, -0.1) is 0 Å². The molecule has 0 unspecified atom stereocenters. The molecular formula is C19H18BrCl2N3O3. The average molecular weight is 487 g/mol. The van der Waals surface area contributed by atoms with Crippen LogP contribution in [0.25, 0.3) is 0 Å². The molecule has 9 heteroatoms. The Bertz CT molecular complexity index is 919. The van der Waals surface area contributed by atoms with Crippen molar-refractivity contribution in [3.8, 4) is 5.75 Å². The Hall–Kier alpha value is -2.09. The van der Waals surface area contributed by atoms with Gasteiger partial charge in [0.2, 0.25) is 5.91 Å². The van der Waals surface area contributed by atoms with Gasteiger partial charge in [0.15, 0.2) is 6.61 Å². The molecule has 28 heavy (non-hydrogen) atoms. The Kier molecular flexibility index (Phi) is 8.29. The fourth-order valence-electron chi connectivity index (χ4n) is 2.11. The molecule has 0 atom stereocenters. The third-order valence-electron chi connectivity index (χ3n) is 3.44. The molecule has 2 N–H and O–H groups in total. The minimum Gasteiger partial charge on any atom is -0.483 e. The first kappa shape index (κ1) is 22.2. The molecule has 0 aliphatic rings. The van der Waals surface area contributed by atoms with Crippen LogP contribution in [0.5, 0.6) is 5.75 Å². The smallest absolute Gasteiger partial charge is 0.277 e. The van der Waals surface area contributed by atoms with Crippen molar-refractivity contribution < 1.29 is 14.3 Å². The first-order valence-corrected chi connectivity index (χ1v) is 9.75. The molecule has 0 aliphatic carbocycles. The van der Waals surface area contributed by atoms with Gasteiger partial charge < -0.3 is 10.1 Å². The van der Waals surface area contributed by atoms with Gasteiger partial charge >= 0.3 is 0 Å². The number of carbonyl (C=O) groups excluding carboxylic acids is 2. The molecule has 0 saturated heterocycles. The number of halogens is 3. The predicted molar refractivity (Wildman–Crippen MR) is 115 cm³/mol. The highest BCUT2D eigenvalue weighted by molar-refractivity contribution is 9.10. The van der Waals surface area contributed by atoms with E-state index >= 15 is 0 Å². The summed E-state index contributed by atoms with van der Waals surface area (Å²) in [6, 6.07) is 10.3. The van der Waals surface area contributed by atoms with Crippen molar-refractivity contribution >= 4 is 62.3 Å². The summed E-state index contributed by atoms with van der Waals surface area (Å²) in [5.41, 5.74) is 4.30. The Morgan fingerprint density at radius 1 is 1.14 bits per heavy atom. The quantitative estimate of drug-likeness (QED) is 0.428. The van der Waals surface area contributed by atoms with Crippen LogP contribution in [0.4, 0.5) is 5.69 Å². The van der Waals surface area contributed by atoms with Crippen molar-refractivity contribution in [1.29, 1.82) is 0 Å². The zero-order chi connectivity index (χ0) is 20.7. The van der Waals surface area contributed by atoms with Crippen LogP contribution >= 0.6 is 39.1 Å². The second-order valence-electron chi connectivity index (χ2n) is 5.95. The lowest BCUT2D eigenvalue weighted by Gasteiger charge is -2.09. The van der Waals surface area contributed by atoms with Crippen molar-refractivity contribution in [3.63, 3.8) is 0 Å².